The minimum atomic E-state index is 0.0199. The maximum Gasteiger partial charge on any atom is 0.326 e. The van der Waals surface area contributed by atoms with Gasteiger partial charge in [0.2, 0.25) is 0 Å². The fourth-order valence-corrected chi connectivity index (χ4v) is 6.34. The number of fused-ring (bicyclic) bond motifs is 5. The third kappa shape index (κ3) is 3.03. The molecule has 0 aliphatic heterocycles. The van der Waals surface area contributed by atoms with Crippen LogP contribution in [0, 0.1) is 0 Å². The maximum absolute atomic E-state index is 9.76. The largest absolute Gasteiger partial charge is 0.450 e. The van der Waals surface area contributed by atoms with Crippen LogP contribution < -0.4 is 5.46 Å². The average Bonchev–Trinajstić information content (AvgIpc) is 3.36. The van der Waals surface area contributed by atoms with E-state index in [-0.39, 0.29) is 5.41 Å². The number of aromatic nitrogens is 1. The van der Waals surface area contributed by atoms with Gasteiger partial charge < -0.3 is 9.59 Å². The van der Waals surface area contributed by atoms with Gasteiger partial charge in [-0.15, -0.1) is 0 Å². The third-order valence-electron chi connectivity index (χ3n) is 8.20. The van der Waals surface area contributed by atoms with Crippen LogP contribution >= 0.6 is 0 Å². The van der Waals surface area contributed by atoms with Crippen molar-refractivity contribution in [2.45, 2.75) is 32.1 Å². The molecule has 0 amide bonds. The summed E-state index contributed by atoms with van der Waals surface area (Å²) in [7, 11) is 1.19. The summed E-state index contributed by atoms with van der Waals surface area (Å²) in [5, 5.41) is 12.1. The number of rotatable bonds is 3. The van der Waals surface area contributed by atoms with E-state index in [0.29, 0.717) is 0 Å². The van der Waals surface area contributed by atoms with Crippen molar-refractivity contribution in [2.75, 3.05) is 0 Å². The first kappa shape index (κ1) is 21.5. The van der Waals surface area contributed by atoms with Gasteiger partial charge in [-0.1, -0.05) is 91.6 Å². The van der Waals surface area contributed by atoms with Crippen molar-refractivity contribution in [3.8, 4) is 16.8 Å². The summed E-state index contributed by atoms with van der Waals surface area (Å²) in [6.07, 6.45) is 6.88. The van der Waals surface area contributed by atoms with E-state index in [9.17, 15) is 5.02 Å². The Kier molecular flexibility index (Phi) is 4.68. The van der Waals surface area contributed by atoms with Gasteiger partial charge in [-0.05, 0) is 71.0 Å². The molecule has 0 fully saturated rings. The molecule has 2 nitrogen and oxygen atoms in total. The summed E-state index contributed by atoms with van der Waals surface area (Å²) in [4.78, 5) is 0. The molecule has 0 spiro atoms. The Morgan fingerprint density at radius 2 is 1.56 bits per heavy atom. The van der Waals surface area contributed by atoms with Crippen molar-refractivity contribution in [1.29, 1.82) is 0 Å². The first-order valence-electron chi connectivity index (χ1n) is 12.7. The second-order valence-electron chi connectivity index (χ2n) is 10.5. The standard InChI is InChI=1S/C33H27BNO/c1-33(2)29-11-7-6-10-25(29)26-19-28-27-18-23(34-36)14-17-31(27)35(32(28)20-30(26)33)24-15-12-22(13-16-24)21-8-4-3-5-9-21/h3-6,8-10,12-20,36H,7,11H2,1-2H3. The second kappa shape index (κ2) is 7.84. The second-order valence-corrected chi connectivity index (χ2v) is 10.5. The lowest BCUT2D eigenvalue weighted by molar-refractivity contribution is 0.608. The summed E-state index contributed by atoms with van der Waals surface area (Å²) in [6.45, 7) is 4.75. The molecule has 173 valence electrons. The summed E-state index contributed by atoms with van der Waals surface area (Å²) < 4.78 is 2.38. The van der Waals surface area contributed by atoms with Crippen LogP contribution in [0.3, 0.4) is 0 Å². The van der Waals surface area contributed by atoms with Crippen molar-refractivity contribution in [1.82, 2.24) is 4.57 Å². The lowest BCUT2D eigenvalue weighted by Crippen LogP contribution is -2.17. The van der Waals surface area contributed by atoms with E-state index in [4.69, 9.17) is 0 Å². The highest BCUT2D eigenvalue weighted by Crippen LogP contribution is 2.51. The zero-order valence-electron chi connectivity index (χ0n) is 20.6. The third-order valence-corrected chi connectivity index (χ3v) is 8.20. The summed E-state index contributed by atoms with van der Waals surface area (Å²) in [5.74, 6) is 0. The molecule has 3 heteroatoms. The predicted molar refractivity (Wildman–Crippen MR) is 152 cm³/mol. The Balaban J connectivity index is 1.49. The molecule has 0 saturated heterocycles. The van der Waals surface area contributed by atoms with Gasteiger partial charge in [0.25, 0.3) is 0 Å². The van der Waals surface area contributed by atoms with Gasteiger partial charge in [-0.2, -0.15) is 0 Å². The molecule has 0 unspecified atom stereocenters. The first-order chi connectivity index (χ1) is 17.6. The summed E-state index contributed by atoms with van der Waals surface area (Å²) in [6, 6.07) is 30.4. The van der Waals surface area contributed by atoms with Gasteiger partial charge in [0, 0.05) is 21.9 Å². The Bertz CT molecular complexity index is 1720. The molecule has 1 heterocycles. The Labute approximate surface area is 212 Å². The van der Waals surface area contributed by atoms with Gasteiger partial charge in [0.15, 0.2) is 0 Å². The molecule has 5 aromatic rings. The monoisotopic (exact) mass is 464 g/mol. The molecule has 0 atom stereocenters. The van der Waals surface area contributed by atoms with Gasteiger partial charge in [-0.3, -0.25) is 0 Å². The van der Waals surface area contributed by atoms with Crippen LogP contribution in [0.4, 0.5) is 0 Å². The molecule has 0 bridgehead atoms. The highest BCUT2D eigenvalue weighted by molar-refractivity contribution is 6.46. The van der Waals surface area contributed by atoms with Crippen LogP contribution in [-0.2, 0) is 5.41 Å². The lowest BCUT2D eigenvalue weighted by atomic mass is 9.78. The zero-order valence-corrected chi connectivity index (χ0v) is 20.6. The highest BCUT2D eigenvalue weighted by Gasteiger charge is 2.38. The number of allylic oxidation sites excluding steroid dienone is 4. The molecule has 1 aromatic heterocycles. The van der Waals surface area contributed by atoms with E-state index in [0.717, 1.165) is 34.9 Å². The number of nitrogens with zero attached hydrogens (tertiary/aromatic N) is 1. The normalized spacial score (nSPS) is 16.0. The number of benzene rings is 4. The molecule has 2 aliphatic rings. The first-order valence-corrected chi connectivity index (χ1v) is 12.7. The van der Waals surface area contributed by atoms with Gasteiger partial charge in [-0.25, -0.2) is 0 Å². The van der Waals surface area contributed by atoms with E-state index in [1.54, 1.807) is 5.57 Å². The number of hydrogen-bond acceptors (Lipinski definition) is 1. The molecule has 36 heavy (non-hydrogen) atoms. The summed E-state index contributed by atoms with van der Waals surface area (Å²) >= 11 is 0. The van der Waals surface area contributed by atoms with Crippen LogP contribution in [-0.4, -0.2) is 17.1 Å². The Morgan fingerprint density at radius 3 is 2.33 bits per heavy atom. The van der Waals surface area contributed by atoms with Crippen molar-refractivity contribution < 1.29 is 5.02 Å². The van der Waals surface area contributed by atoms with Crippen LogP contribution in [0.1, 0.15) is 37.8 Å². The van der Waals surface area contributed by atoms with Crippen molar-refractivity contribution in [3.63, 3.8) is 0 Å². The molecule has 4 aromatic carbocycles. The van der Waals surface area contributed by atoms with E-state index in [2.05, 4.69) is 109 Å². The van der Waals surface area contributed by atoms with E-state index < -0.39 is 0 Å². The summed E-state index contributed by atoms with van der Waals surface area (Å²) in [5.41, 5.74) is 12.5. The van der Waals surface area contributed by atoms with Gasteiger partial charge >= 0.3 is 7.48 Å². The SMILES string of the molecule is CC1(C)C2=C(C=CCC2)c2cc3c4cc([B]O)ccc4n(-c4ccc(-c5ccccc5)cc4)c3cc21. The predicted octanol–water partition coefficient (Wildman–Crippen LogP) is 7.08. The minimum Gasteiger partial charge on any atom is -0.450 e. The maximum atomic E-state index is 9.76. The topological polar surface area (TPSA) is 25.2 Å². The molecule has 2 aliphatic carbocycles. The van der Waals surface area contributed by atoms with E-state index in [1.165, 1.54) is 46.2 Å². The van der Waals surface area contributed by atoms with Crippen LogP contribution in [0.2, 0.25) is 0 Å². The van der Waals surface area contributed by atoms with Crippen molar-refractivity contribution >= 4 is 40.3 Å². The van der Waals surface area contributed by atoms with Gasteiger partial charge in [0.05, 0.1) is 11.0 Å². The highest BCUT2D eigenvalue weighted by atomic mass is 16.2. The van der Waals surface area contributed by atoms with Crippen molar-refractivity contribution in [2.24, 2.45) is 0 Å². The molecular weight excluding hydrogens is 437 g/mol. The van der Waals surface area contributed by atoms with Crippen LogP contribution in [0.15, 0.2) is 103 Å². The van der Waals surface area contributed by atoms with Gasteiger partial charge in [0.1, 0.15) is 0 Å². The fraction of sp³-hybridized carbons (Fsp3) is 0.152. The van der Waals surface area contributed by atoms with Crippen LogP contribution in [0.5, 0.6) is 0 Å². The molecular formula is C33H27BNO. The molecule has 0 saturated carbocycles. The Hall–Kier alpha value is -3.82. The minimum absolute atomic E-state index is 0.0199. The Morgan fingerprint density at radius 1 is 0.806 bits per heavy atom. The van der Waals surface area contributed by atoms with Crippen molar-refractivity contribution in [3.05, 3.63) is 114 Å². The fourth-order valence-electron chi connectivity index (χ4n) is 6.34. The number of hydrogen-bond donors (Lipinski definition) is 1. The quantitative estimate of drug-likeness (QED) is 0.284. The molecule has 7 rings (SSSR count). The molecule has 1 radical (unpaired) electrons. The van der Waals surface area contributed by atoms with E-state index in [1.807, 2.05) is 6.07 Å². The molecule has 1 N–H and O–H groups in total. The van der Waals surface area contributed by atoms with Crippen LogP contribution in [0.25, 0.3) is 44.2 Å². The van der Waals surface area contributed by atoms with E-state index >= 15 is 0 Å². The average molecular weight is 464 g/mol. The lowest BCUT2D eigenvalue weighted by Gasteiger charge is -2.25. The smallest absolute Gasteiger partial charge is 0.326 e. The zero-order chi connectivity index (χ0) is 24.4.